The molecule has 0 aliphatic heterocycles. The summed E-state index contributed by atoms with van der Waals surface area (Å²) in [6.45, 7) is 3.86. The number of alkyl halides is 1. The highest BCUT2D eigenvalue weighted by Gasteiger charge is 2.38. The number of rotatable bonds is 4. The van der Waals surface area contributed by atoms with Crippen LogP contribution in [0.1, 0.15) is 48.2 Å². The molecule has 114 valence electrons. The van der Waals surface area contributed by atoms with Gasteiger partial charge in [0.1, 0.15) is 4.87 Å². The van der Waals surface area contributed by atoms with Crippen molar-refractivity contribution in [1.82, 2.24) is 0 Å². The lowest BCUT2D eigenvalue weighted by Gasteiger charge is -2.29. The van der Waals surface area contributed by atoms with Crippen molar-refractivity contribution in [2.45, 2.75) is 44.4 Å². The molecule has 1 aromatic carbocycles. The minimum Gasteiger partial charge on any atom is -0.466 e. The number of carbonyl (C=O) groups excluding carboxylic acids is 2. The SMILES string of the molecule is CCOC(=O)CCc1ccc(Cl)c2c1C(=O)C(C)(Cl)CC2. The smallest absolute Gasteiger partial charge is 0.306 e. The zero-order chi connectivity index (χ0) is 15.6. The van der Waals surface area contributed by atoms with Crippen LogP contribution in [0.15, 0.2) is 12.1 Å². The van der Waals surface area contributed by atoms with Crippen LogP contribution < -0.4 is 0 Å². The molecule has 0 aromatic heterocycles. The van der Waals surface area contributed by atoms with Crippen LogP contribution in [-0.4, -0.2) is 23.2 Å². The van der Waals surface area contributed by atoms with E-state index in [1.165, 1.54) is 0 Å². The van der Waals surface area contributed by atoms with Crippen molar-refractivity contribution in [1.29, 1.82) is 0 Å². The lowest BCUT2D eigenvalue weighted by Crippen LogP contribution is -2.35. The number of esters is 1. The second kappa shape index (κ2) is 6.37. The van der Waals surface area contributed by atoms with Gasteiger partial charge in [0.2, 0.25) is 0 Å². The molecule has 1 aliphatic carbocycles. The van der Waals surface area contributed by atoms with Crippen molar-refractivity contribution in [3.63, 3.8) is 0 Å². The average molecular weight is 329 g/mol. The van der Waals surface area contributed by atoms with Gasteiger partial charge in [-0.05, 0) is 50.3 Å². The van der Waals surface area contributed by atoms with E-state index in [0.717, 1.165) is 11.1 Å². The lowest BCUT2D eigenvalue weighted by atomic mass is 9.80. The van der Waals surface area contributed by atoms with Crippen LogP contribution in [0.25, 0.3) is 0 Å². The van der Waals surface area contributed by atoms with E-state index in [4.69, 9.17) is 27.9 Å². The molecule has 0 saturated carbocycles. The highest BCUT2D eigenvalue weighted by atomic mass is 35.5. The Morgan fingerprint density at radius 2 is 2.14 bits per heavy atom. The summed E-state index contributed by atoms with van der Waals surface area (Å²) in [5.74, 6) is -0.370. The number of aryl methyl sites for hydroxylation is 1. The molecule has 0 spiro atoms. The molecule has 3 nitrogen and oxygen atoms in total. The van der Waals surface area contributed by atoms with Gasteiger partial charge in [0.25, 0.3) is 0 Å². The fourth-order valence-electron chi connectivity index (χ4n) is 2.61. The van der Waals surface area contributed by atoms with Crippen LogP contribution in [0, 0.1) is 0 Å². The number of benzene rings is 1. The molecule has 1 aliphatic rings. The van der Waals surface area contributed by atoms with Crippen LogP contribution in [0.5, 0.6) is 0 Å². The summed E-state index contributed by atoms with van der Waals surface area (Å²) < 4.78 is 4.92. The van der Waals surface area contributed by atoms with Gasteiger partial charge >= 0.3 is 5.97 Å². The lowest BCUT2D eigenvalue weighted by molar-refractivity contribution is -0.143. The summed E-state index contributed by atoms with van der Waals surface area (Å²) in [7, 11) is 0. The van der Waals surface area contributed by atoms with Crippen LogP contribution >= 0.6 is 23.2 Å². The molecule has 0 bridgehead atoms. The molecule has 0 N–H and O–H groups in total. The third-order valence-electron chi connectivity index (χ3n) is 3.79. The second-order valence-corrected chi connectivity index (χ2v) is 6.63. The van der Waals surface area contributed by atoms with E-state index < -0.39 is 4.87 Å². The van der Waals surface area contributed by atoms with E-state index in [0.29, 0.717) is 36.5 Å². The maximum atomic E-state index is 12.6. The van der Waals surface area contributed by atoms with Crippen LogP contribution in [0.4, 0.5) is 0 Å². The summed E-state index contributed by atoms with van der Waals surface area (Å²) in [6.07, 6.45) is 1.94. The molecule has 0 fully saturated rings. The Balaban J connectivity index is 2.32. The summed E-state index contributed by atoms with van der Waals surface area (Å²) in [5.41, 5.74) is 2.26. The van der Waals surface area contributed by atoms with E-state index in [-0.39, 0.29) is 18.2 Å². The molecular formula is C16H18Cl2O3. The van der Waals surface area contributed by atoms with Crippen molar-refractivity contribution in [2.24, 2.45) is 0 Å². The Morgan fingerprint density at radius 1 is 1.43 bits per heavy atom. The molecular weight excluding hydrogens is 311 g/mol. The maximum absolute atomic E-state index is 12.6. The Bertz CT molecular complexity index is 579. The number of ether oxygens (including phenoxy) is 1. The zero-order valence-corrected chi connectivity index (χ0v) is 13.7. The van der Waals surface area contributed by atoms with Crippen molar-refractivity contribution in [2.75, 3.05) is 6.61 Å². The molecule has 1 atom stereocenters. The molecule has 1 unspecified atom stereocenters. The molecule has 0 saturated heterocycles. The van der Waals surface area contributed by atoms with Gasteiger partial charge in [-0.25, -0.2) is 0 Å². The van der Waals surface area contributed by atoms with Gasteiger partial charge in [-0.3, -0.25) is 9.59 Å². The molecule has 1 aromatic rings. The fraction of sp³-hybridized carbons (Fsp3) is 0.500. The molecule has 0 radical (unpaired) electrons. The predicted octanol–water partition coefficient (Wildman–Crippen LogP) is 3.96. The van der Waals surface area contributed by atoms with Gasteiger partial charge in [0, 0.05) is 17.0 Å². The van der Waals surface area contributed by atoms with E-state index >= 15 is 0 Å². The monoisotopic (exact) mass is 328 g/mol. The molecule has 0 heterocycles. The number of hydrogen-bond acceptors (Lipinski definition) is 3. The zero-order valence-electron chi connectivity index (χ0n) is 12.2. The summed E-state index contributed by atoms with van der Waals surface area (Å²) in [4.78, 5) is 23.2. The van der Waals surface area contributed by atoms with Gasteiger partial charge in [0.15, 0.2) is 5.78 Å². The Labute approximate surface area is 134 Å². The van der Waals surface area contributed by atoms with Gasteiger partial charge in [-0.1, -0.05) is 17.7 Å². The Hall–Kier alpha value is -1.06. The Kier molecular flexibility index (Phi) is 4.95. The van der Waals surface area contributed by atoms with E-state index in [9.17, 15) is 9.59 Å². The highest BCUT2D eigenvalue weighted by Crippen LogP contribution is 2.38. The number of carbonyl (C=O) groups is 2. The van der Waals surface area contributed by atoms with Gasteiger partial charge < -0.3 is 4.74 Å². The molecule has 21 heavy (non-hydrogen) atoms. The first-order valence-corrected chi connectivity index (χ1v) is 7.82. The third kappa shape index (κ3) is 3.41. The summed E-state index contributed by atoms with van der Waals surface area (Å²) >= 11 is 12.5. The van der Waals surface area contributed by atoms with Gasteiger partial charge in [-0.2, -0.15) is 0 Å². The number of Topliss-reactive ketones (excluding diaryl/α,β-unsaturated/α-hetero) is 1. The van der Waals surface area contributed by atoms with Crippen molar-refractivity contribution in [3.05, 3.63) is 33.8 Å². The number of fused-ring (bicyclic) bond motifs is 1. The maximum Gasteiger partial charge on any atom is 0.306 e. The first-order chi connectivity index (χ1) is 9.86. The number of hydrogen-bond donors (Lipinski definition) is 0. The second-order valence-electron chi connectivity index (χ2n) is 5.39. The van der Waals surface area contributed by atoms with Crippen LogP contribution in [0.3, 0.4) is 0 Å². The van der Waals surface area contributed by atoms with Gasteiger partial charge in [-0.15, -0.1) is 11.6 Å². The highest BCUT2D eigenvalue weighted by molar-refractivity contribution is 6.39. The largest absolute Gasteiger partial charge is 0.466 e. The minimum absolute atomic E-state index is 0.105. The normalized spacial score (nSPS) is 21.0. The van der Waals surface area contributed by atoms with E-state index in [1.54, 1.807) is 26.0 Å². The van der Waals surface area contributed by atoms with E-state index in [2.05, 4.69) is 0 Å². The predicted molar refractivity (Wildman–Crippen MR) is 83.3 cm³/mol. The standard InChI is InChI=1S/C16H18Cl2O3/c1-3-21-13(19)7-5-10-4-6-12(17)11-8-9-16(2,18)15(20)14(10)11/h4,6H,3,5,7-9H2,1-2H3. The molecule has 2 rings (SSSR count). The van der Waals surface area contributed by atoms with Crippen LogP contribution in [-0.2, 0) is 22.4 Å². The number of ketones is 1. The average Bonchev–Trinajstić information content (AvgIpc) is 2.42. The van der Waals surface area contributed by atoms with Crippen molar-refractivity contribution < 1.29 is 14.3 Å². The summed E-state index contributed by atoms with van der Waals surface area (Å²) in [5, 5.41) is 0.588. The quantitative estimate of drug-likeness (QED) is 0.620. The number of halogens is 2. The first kappa shape index (κ1) is 16.3. The Morgan fingerprint density at radius 3 is 2.81 bits per heavy atom. The fourth-order valence-corrected chi connectivity index (χ4v) is 3.05. The van der Waals surface area contributed by atoms with E-state index in [1.807, 2.05) is 0 Å². The third-order valence-corrected chi connectivity index (χ3v) is 4.51. The van der Waals surface area contributed by atoms with Crippen molar-refractivity contribution in [3.8, 4) is 0 Å². The van der Waals surface area contributed by atoms with Crippen LogP contribution in [0.2, 0.25) is 5.02 Å². The van der Waals surface area contributed by atoms with Crippen molar-refractivity contribution >= 4 is 35.0 Å². The minimum atomic E-state index is -0.893. The topological polar surface area (TPSA) is 43.4 Å². The van der Waals surface area contributed by atoms with Gasteiger partial charge in [0.05, 0.1) is 6.61 Å². The first-order valence-electron chi connectivity index (χ1n) is 7.06. The molecule has 0 amide bonds. The molecule has 5 heteroatoms. The summed E-state index contributed by atoms with van der Waals surface area (Å²) in [6, 6.07) is 3.58.